The summed E-state index contributed by atoms with van der Waals surface area (Å²) in [7, 11) is -0.913. The molecule has 0 aliphatic heterocycles. The van der Waals surface area contributed by atoms with E-state index in [1.54, 1.807) is 6.07 Å². The highest BCUT2D eigenvalue weighted by molar-refractivity contribution is 7.89. The number of sulfonamides is 1. The molecule has 0 aliphatic rings. The summed E-state index contributed by atoms with van der Waals surface area (Å²) in [5.41, 5.74) is 6.44. The highest BCUT2D eigenvalue weighted by Gasteiger charge is 2.19. The molecular formula is C12H15N5O3S. The number of aromatic nitrogens is 2. The number of nitrogens with zero attached hydrogens (tertiary/aromatic N) is 2. The van der Waals surface area contributed by atoms with Gasteiger partial charge in [-0.3, -0.25) is 4.79 Å². The summed E-state index contributed by atoms with van der Waals surface area (Å²) in [5, 5.41) is 6.51. The van der Waals surface area contributed by atoms with Crippen LogP contribution in [-0.2, 0) is 10.0 Å². The molecule has 112 valence electrons. The van der Waals surface area contributed by atoms with Crippen LogP contribution >= 0.6 is 0 Å². The van der Waals surface area contributed by atoms with Gasteiger partial charge in [0.05, 0.1) is 5.69 Å². The van der Waals surface area contributed by atoms with Gasteiger partial charge in [-0.25, -0.2) is 17.8 Å². The zero-order valence-corrected chi connectivity index (χ0v) is 12.3. The number of hydrogen-bond donors (Lipinski definition) is 3. The van der Waals surface area contributed by atoms with Crippen molar-refractivity contribution in [1.82, 2.24) is 19.8 Å². The van der Waals surface area contributed by atoms with Crippen LogP contribution < -0.4 is 15.8 Å². The van der Waals surface area contributed by atoms with Crippen LogP contribution in [0.4, 0.5) is 5.69 Å². The Kier molecular flexibility index (Phi) is 3.96. The molecule has 0 saturated carbocycles. The van der Waals surface area contributed by atoms with Gasteiger partial charge in [-0.05, 0) is 31.3 Å². The van der Waals surface area contributed by atoms with Crippen molar-refractivity contribution in [2.24, 2.45) is 0 Å². The van der Waals surface area contributed by atoms with Crippen molar-refractivity contribution in [3.05, 3.63) is 36.2 Å². The maximum atomic E-state index is 12.1. The van der Waals surface area contributed by atoms with E-state index in [0.717, 1.165) is 0 Å². The van der Waals surface area contributed by atoms with E-state index in [4.69, 9.17) is 5.73 Å². The molecule has 0 spiro atoms. The average Bonchev–Trinajstić information content (AvgIpc) is 2.96. The molecule has 4 N–H and O–H groups in total. The predicted molar refractivity (Wildman–Crippen MR) is 77.6 cm³/mol. The number of nitrogens with two attached hydrogens (primary N) is 1. The van der Waals surface area contributed by atoms with Crippen molar-refractivity contribution in [2.75, 3.05) is 19.8 Å². The Morgan fingerprint density at radius 3 is 2.62 bits per heavy atom. The predicted octanol–water partition coefficient (Wildman–Crippen LogP) is -0.278. The summed E-state index contributed by atoms with van der Waals surface area (Å²) < 4.78 is 27.7. The molecule has 2 rings (SSSR count). The summed E-state index contributed by atoms with van der Waals surface area (Å²) in [6, 6.07) is 5.92. The minimum atomic E-state index is -3.71. The molecule has 1 aromatic carbocycles. The molecular weight excluding hydrogens is 294 g/mol. The fourth-order valence-corrected chi connectivity index (χ4v) is 2.70. The van der Waals surface area contributed by atoms with Crippen LogP contribution in [0.15, 0.2) is 35.4 Å². The maximum absolute atomic E-state index is 12.1. The second-order valence-corrected chi connectivity index (χ2v) is 6.01. The molecule has 21 heavy (non-hydrogen) atoms. The molecule has 0 fully saturated rings. The number of anilines is 1. The smallest absolute Gasteiger partial charge is 0.271 e. The van der Waals surface area contributed by atoms with Crippen LogP contribution in [0.3, 0.4) is 0 Å². The summed E-state index contributed by atoms with van der Waals surface area (Å²) in [5.74, 6) is -0.359. The van der Waals surface area contributed by atoms with Crippen LogP contribution in [0.2, 0.25) is 0 Å². The lowest BCUT2D eigenvalue weighted by molar-refractivity contribution is 0.0957. The molecule has 1 aromatic heterocycles. The SMILES string of the molecule is CNC(=O)c1ccn(-c2ccc(N)cc2S(=O)(=O)NC)n1. The van der Waals surface area contributed by atoms with Crippen molar-refractivity contribution in [2.45, 2.75) is 4.90 Å². The molecule has 0 atom stereocenters. The first kappa shape index (κ1) is 15.0. The van der Waals surface area contributed by atoms with Gasteiger partial charge in [0.1, 0.15) is 4.90 Å². The lowest BCUT2D eigenvalue weighted by Gasteiger charge is -2.10. The Morgan fingerprint density at radius 1 is 1.29 bits per heavy atom. The second kappa shape index (κ2) is 5.54. The van der Waals surface area contributed by atoms with E-state index in [2.05, 4.69) is 15.1 Å². The molecule has 0 bridgehead atoms. The normalized spacial score (nSPS) is 11.3. The van der Waals surface area contributed by atoms with E-state index in [-0.39, 0.29) is 16.5 Å². The number of carbonyl (C=O) groups is 1. The van der Waals surface area contributed by atoms with Crippen molar-refractivity contribution in [3.8, 4) is 5.69 Å². The zero-order valence-electron chi connectivity index (χ0n) is 11.5. The third-order valence-corrected chi connectivity index (χ3v) is 4.28. The van der Waals surface area contributed by atoms with E-state index in [9.17, 15) is 13.2 Å². The van der Waals surface area contributed by atoms with Crippen molar-refractivity contribution in [1.29, 1.82) is 0 Å². The maximum Gasteiger partial charge on any atom is 0.271 e. The Balaban J connectivity index is 2.59. The first-order valence-corrected chi connectivity index (χ1v) is 7.48. The molecule has 8 nitrogen and oxygen atoms in total. The van der Waals surface area contributed by atoms with Gasteiger partial charge in [0.15, 0.2) is 5.69 Å². The van der Waals surface area contributed by atoms with E-state index in [1.807, 2.05) is 0 Å². The summed E-state index contributed by atoms with van der Waals surface area (Å²) in [6.07, 6.45) is 1.50. The highest BCUT2D eigenvalue weighted by atomic mass is 32.2. The van der Waals surface area contributed by atoms with Crippen LogP contribution in [0.1, 0.15) is 10.5 Å². The Bertz CT molecular complexity index is 782. The lowest BCUT2D eigenvalue weighted by Crippen LogP contribution is -2.21. The fraction of sp³-hybridized carbons (Fsp3) is 0.167. The molecule has 1 heterocycles. The van der Waals surface area contributed by atoms with Crippen molar-refractivity contribution >= 4 is 21.6 Å². The number of amides is 1. The van der Waals surface area contributed by atoms with Crippen LogP contribution in [-0.4, -0.2) is 38.2 Å². The number of hydrogen-bond acceptors (Lipinski definition) is 5. The van der Waals surface area contributed by atoms with E-state index in [0.29, 0.717) is 11.4 Å². The quantitative estimate of drug-likeness (QED) is 0.671. The standard InChI is InChI=1S/C12H15N5O3S/c1-14-12(18)9-5-6-17(16-9)10-4-3-8(13)7-11(10)21(19,20)15-2/h3-7,15H,13H2,1-2H3,(H,14,18). The minimum absolute atomic E-state index is 0.0171. The Labute approximate surface area is 122 Å². The van der Waals surface area contributed by atoms with Gasteiger partial charge in [-0.15, -0.1) is 0 Å². The number of benzene rings is 1. The lowest BCUT2D eigenvalue weighted by atomic mass is 10.3. The number of carbonyl (C=O) groups excluding carboxylic acids is 1. The van der Waals surface area contributed by atoms with Crippen LogP contribution in [0.25, 0.3) is 5.69 Å². The molecule has 2 aromatic rings. The largest absolute Gasteiger partial charge is 0.399 e. The van der Waals surface area contributed by atoms with Crippen LogP contribution in [0, 0.1) is 0 Å². The Morgan fingerprint density at radius 2 is 2.00 bits per heavy atom. The van der Waals surface area contributed by atoms with Gasteiger partial charge in [0.25, 0.3) is 5.91 Å². The number of nitrogens with one attached hydrogen (secondary N) is 2. The van der Waals surface area contributed by atoms with Crippen LogP contribution in [0.5, 0.6) is 0 Å². The molecule has 0 unspecified atom stereocenters. The minimum Gasteiger partial charge on any atom is -0.399 e. The van der Waals surface area contributed by atoms with Gasteiger partial charge in [-0.2, -0.15) is 5.10 Å². The van der Waals surface area contributed by atoms with Crippen molar-refractivity contribution in [3.63, 3.8) is 0 Å². The number of rotatable bonds is 4. The molecule has 1 amide bonds. The van der Waals surface area contributed by atoms with E-state index >= 15 is 0 Å². The van der Waals surface area contributed by atoms with E-state index < -0.39 is 10.0 Å². The second-order valence-electron chi connectivity index (χ2n) is 4.16. The molecule has 9 heteroatoms. The third-order valence-electron chi connectivity index (χ3n) is 2.84. The molecule has 0 radical (unpaired) electrons. The van der Waals surface area contributed by atoms with Gasteiger partial charge in [-0.1, -0.05) is 0 Å². The monoisotopic (exact) mass is 309 g/mol. The highest BCUT2D eigenvalue weighted by Crippen LogP contribution is 2.22. The summed E-state index contributed by atoms with van der Waals surface area (Å²) in [6.45, 7) is 0. The van der Waals surface area contributed by atoms with Gasteiger partial charge in [0, 0.05) is 18.9 Å². The van der Waals surface area contributed by atoms with Gasteiger partial charge < -0.3 is 11.1 Å². The van der Waals surface area contributed by atoms with Gasteiger partial charge in [0.2, 0.25) is 10.0 Å². The van der Waals surface area contributed by atoms with Gasteiger partial charge >= 0.3 is 0 Å². The molecule has 0 aliphatic carbocycles. The first-order valence-electron chi connectivity index (χ1n) is 6.00. The number of nitrogen functional groups attached to an aromatic ring is 1. The zero-order chi connectivity index (χ0) is 15.6. The fourth-order valence-electron chi connectivity index (χ4n) is 1.75. The van der Waals surface area contributed by atoms with E-state index in [1.165, 1.54) is 43.2 Å². The first-order chi connectivity index (χ1) is 9.89. The third kappa shape index (κ3) is 2.88. The summed E-state index contributed by atoms with van der Waals surface area (Å²) in [4.78, 5) is 11.5. The Hall–Kier alpha value is -2.39. The topological polar surface area (TPSA) is 119 Å². The van der Waals surface area contributed by atoms with Crippen molar-refractivity contribution < 1.29 is 13.2 Å². The summed E-state index contributed by atoms with van der Waals surface area (Å²) >= 11 is 0. The molecule has 0 saturated heterocycles. The average molecular weight is 309 g/mol.